The van der Waals surface area contributed by atoms with E-state index in [1.165, 1.54) is 6.92 Å². The van der Waals surface area contributed by atoms with Crippen LogP contribution in [0.2, 0.25) is 0 Å². The molecule has 0 aromatic carbocycles. The molecule has 6 nitrogen and oxygen atoms in total. The van der Waals surface area contributed by atoms with Crippen molar-refractivity contribution >= 4 is 22.6 Å². The Labute approximate surface area is 155 Å². The molecule has 0 saturated heterocycles. The van der Waals surface area contributed by atoms with E-state index in [9.17, 15) is 13.6 Å². The Hall–Kier alpha value is -2.90. The number of hydrogen-bond acceptors (Lipinski definition) is 4. The molecule has 0 unspecified atom stereocenters. The van der Waals surface area contributed by atoms with E-state index in [0.717, 1.165) is 17.8 Å². The standard InChI is InChI=1S/C19H21F2N5O/c1-5-12-7-15(25-18(24-12)19(4,20)21)14-10-26(6-2)16-9-22-17(8-13(14)16)23-11(3)27/h7-10H,5-6H2,1-4H3,(H,22,23,27). The van der Waals surface area contributed by atoms with Crippen molar-refractivity contribution in [1.29, 1.82) is 0 Å². The minimum absolute atomic E-state index is 0.235. The van der Waals surface area contributed by atoms with Crippen LogP contribution in [0.15, 0.2) is 24.5 Å². The van der Waals surface area contributed by atoms with E-state index in [0.29, 0.717) is 35.7 Å². The average molecular weight is 373 g/mol. The van der Waals surface area contributed by atoms with E-state index in [-0.39, 0.29) is 5.91 Å². The molecule has 1 N–H and O–H groups in total. The van der Waals surface area contributed by atoms with Crippen LogP contribution in [0, 0.1) is 0 Å². The summed E-state index contributed by atoms with van der Waals surface area (Å²) < 4.78 is 29.7. The maximum absolute atomic E-state index is 13.9. The lowest BCUT2D eigenvalue weighted by Gasteiger charge is -2.12. The van der Waals surface area contributed by atoms with Gasteiger partial charge in [-0.3, -0.25) is 4.79 Å². The molecular formula is C19H21F2N5O. The number of aryl methyl sites for hydroxylation is 2. The lowest BCUT2D eigenvalue weighted by atomic mass is 10.1. The Bertz CT molecular complexity index is 1010. The van der Waals surface area contributed by atoms with Crippen molar-refractivity contribution in [3.8, 4) is 11.3 Å². The van der Waals surface area contributed by atoms with Crippen LogP contribution >= 0.6 is 0 Å². The van der Waals surface area contributed by atoms with Gasteiger partial charge in [-0.1, -0.05) is 6.92 Å². The number of halogens is 2. The number of carbonyl (C=O) groups is 1. The topological polar surface area (TPSA) is 72.7 Å². The van der Waals surface area contributed by atoms with Crippen LogP contribution in [0.25, 0.3) is 22.2 Å². The van der Waals surface area contributed by atoms with Crippen LogP contribution in [0.1, 0.15) is 39.2 Å². The lowest BCUT2D eigenvalue weighted by molar-refractivity contribution is -0.114. The summed E-state index contributed by atoms with van der Waals surface area (Å²) in [5.74, 6) is -3.46. The third-order valence-corrected chi connectivity index (χ3v) is 4.22. The molecule has 0 aliphatic carbocycles. The van der Waals surface area contributed by atoms with Gasteiger partial charge in [-0.2, -0.15) is 8.78 Å². The number of nitrogens with zero attached hydrogens (tertiary/aromatic N) is 4. The van der Waals surface area contributed by atoms with Crippen molar-refractivity contribution in [2.75, 3.05) is 5.32 Å². The van der Waals surface area contributed by atoms with Crippen molar-refractivity contribution in [3.05, 3.63) is 36.0 Å². The zero-order chi connectivity index (χ0) is 19.8. The van der Waals surface area contributed by atoms with Gasteiger partial charge in [0.25, 0.3) is 0 Å². The first kappa shape index (κ1) is 18.9. The molecule has 0 spiro atoms. The molecule has 8 heteroatoms. The molecule has 3 heterocycles. The zero-order valence-electron chi connectivity index (χ0n) is 15.7. The quantitative estimate of drug-likeness (QED) is 0.729. The highest BCUT2D eigenvalue weighted by Crippen LogP contribution is 2.33. The van der Waals surface area contributed by atoms with Gasteiger partial charge in [0.1, 0.15) is 5.82 Å². The number of amides is 1. The number of fused-ring (bicyclic) bond motifs is 1. The number of nitrogens with one attached hydrogen (secondary N) is 1. The number of pyridine rings is 1. The Morgan fingerprint density at radius 1 is 1.26 bits per heavy atom. The number of anilines is 1. The fourth-order valence-corrected chi connectivity index (χ4v) is 2.92. The van der Waals surface area contributed by atoms with Crippen LogP contribution in [-0.4, -0.2) is 25.4 Å². The minimum atomic E-state index is -3.13. The molecule has 0 aliphatic rings. The Morgan fingerprint density at radius 3 is 2.59 bits per heavy atom. The first-order valence-electron chi connectivity index (χ1n) is 8.76. The molecule has 0 aliphatic heterocycles. The van der Waals surface area contributed by atoms with Gasteiger partial charge in [0.15, 0.2) is 5.82 Å². The summed E-state index contributed by atoms with van der Waals surface area (Å²) in [6.45, 7) is 6.71. The van der Waals surface area contributed by atoms with Crippen molar-refractivity contribution in [2.24, 2.45) is 0 Å². The van der Waals surface area contributed by atoms with Gasteiger partial charge < -0.3 is 9.88 Å². The Kier molecular flexibility index (Phi) is 4.91. The van der Waals surface area contributed by atoms with Gasteiger partial charge in [0, 0.05) is 43.2 Å². The van der Waals surface area contributed by atoms with Crippen LogP contribution in [0.5, 0.6) is 0 Å². The molecule has 0 fully saturated rings. The van der Waals surface area contributed by atoms with Gasteiger partial charge in [-0.25, -0.2) is 15.0 Å². The highest BCUT2D eigenvalue weighted by atomic mass is 19.3. The number of carbonyl (C=O) groups excluding carboxylic acids is 1. The van der Waals surface area contributed by atoms with Crippen LogP contribution < -0.4 is 5.32 Å². The highest BCUT2D eigenvalue weighted by Gasteiger charge is 2.29. The highest BCUT2D eigenvalue weighted by molar-refractivity contribution is 5.98. The van der Waals surface area contributed by atoms with Crippen molar-refractivity contribution in [3.63, 3.8) is 0 Å². The summed E-state index contributed by atoms with van der Waals surface area (Å²) >= 11 is 0. The fraction of sp³-hybridized carbons (Fsp3) is 0.368. The third-order valence-electron chi connectivity index (χ3n) is 4.22. The number of hydrogen-bond donors (Lipinski definition) is 1. The smallest absolute Gasteiger partial charge is 0.303 e. The molecule has 3 aromatic heterocycles. The first-order valence-corrected chi connectivity index (χ1v) is 8.76. The van der Waals surface area contributed by atoms with Gasteiger partial charge in [0.05, 0.1) is 17.4 Å². The van der Waals surface area contributed by atoms with E-state index in [1.807, 2.05) is 24.6 Å². The van der Waals surface area contributed by atoms with Gasteiger partial charge in [0.2, 0.25) is 5.91 Å². The fourth-order valence-electron chi connectivity index (χ4n) is 2.92. The predicted octanol–water partition coefficient (Wildman–Crippen LogP) is 4.15. The van der Waals surface area contributed by atoms with E-state index in [1.54, 1.807) is 18.3 Å². The molecular weight excluding hydrogens is 352 g/mol. The summed E-state index contributed by atoms with van der Waals surface area (Å²) in [5.41, 5.74) is 2.51. The predicted molar refractivity (Wildman–Crippen MR) is 99.7 cm³/mol. The lowest BCUT2D eigenvalue weighted by Crippen LogP contribution is -2.14. The van der Waals surface area contributed by atoms with Gasteiger partial charge in [-0.05, 0) is 25.5 Å². The number of aromatic nitrogens is 4. The van der Waals surface area contributed by atoms with E-state index >= 15 is 0 Å². The van der Waals surface area contributed by atoms with Gasteiger partial charge >= 0.3 is 5.92 Å². The van der Waals surface area contributed by atoms with Crippen LogP contribution in [0.4, 0.5) is 14.6 Å². The largest absolute Gasteiger partial charge is 0.346 e. The van der Waals surface area contributed by atoms with E-state index in [4.69, 9.17) is 0 Å². The van der Waals surface area contributed by atoms with Crippen LogP contribution in [-0.2, 0) is 23.7 Å². The summed E-state index contributed by atoms with van der Waals surface area (Å²) in [4.78, 5) is 23.7. The summed E-state index contributed by atoms with van der Waals surface area (Å²) in [6, 6.07) is 3.46. The molecule has 0 saturated carbocycles. The average Bonchev–Trinajstić information content (AvgIpc) is 2.98. The Morgan fingerprint density at radius 2 is 2.00 bits per heavy atom. The first-order chi connectivity index (χ1) is 12.7. The van der Waals surface area contributed by atoms with E-state index < -0.39 is 11.7 Å². The molecule has 1 amide bonds. The SMILES string of the molecule is CCc1cc(-c2cn(CC)c3cnc(NC(C)=O)cc23)nc(C(C)(F)F)n1. The summed E-state index contributed by atoms with van der Waals surface area (Å²) in [7, 11) is 0. The second-order valence-corrected chi connectivity index (χ2v) is 6.41. The molecule has 27 heavy (non-hydrogen) atoms. The molecule has 3 aromatic rings. The monoisotopic (exact) mass is 373 g/mol. The minimum Gasteiger partial charge on any atom is -0.346 e. The molecule has 3 rings (SSSR count). The van der Waals surface area contributed by atoms with Crippen molar-refractivity contribution in [1.82, 2.24) is 19.5 Å². The normalized spacial score (nSPS) is 11.8. The molecule has 0 bridgehead atoms. The van der Waals surface area contributed by atoms with Gasteiger partial charge in [-0.15, -0.1) is 0 Å². The second kappa shape index (κ2) is 7.02. The van der Waals surface area contributed by atoms with E-state index in [2.05, 4.69) is 20.3 Å². The summed E-state index contributed by atoms with van der Waals surface area (Å²) in [6.07, 6.45) is 4.04. The maximum Gasteiger partial charge on any atom is 0.303 e. The van der Waals surface area contributed by atoms with Crippen molar-refractivity contribution < 1.29 is 13.6 Å². The molecule has 0 atom stereocenters. The van der Waals surface area contributed by atoms with Crippen LogP contribution in [0.3, 0.4) is 0 Å². The van der Waals surface area contributed by atoms with Crippen molar-refractivity contribution in [2.45, 2.75) is 46.6 Å². The number of rotatable bonds is 5. The third kappa shape index (κ3) is 3.79. The number of alkyl halides is 2. The molecule has 0 radical (unpaired) electrons. The Balaban J connectivity index is 2.25. The second-order valence-electron chi connectivity index (χ2n) is 6.41. The zero-order valence-corrected chi connectivity index (χ0v) is 15.7. The molecule has 142 valence electrons. The maximum atomic E-state index is 13.9. The summed E-state index contributed by atoms with van der Waals surface area (Å²) in [5, 5.41) is 3.43.